The summed E-state index contributed by atoms with van der Waals surface area (Å²) in [5, 5.41) is 2.84. The third-order valence-corrected chi connectivity index (χ3v) is 5.73. The van der Waals surface area contributed by atoms with E-state index in [1.165, 1.54) is 16.7 Å². The molecule has 29 heavy (non-hydrogen) atoms. The van der Waals surface area contributed by atoms with Crippen LogP contribution in [0.1, 0.15) is 33.6 Å². The minimum Gasteiger partial charge on any atom is -0.454 e. The predicted octanol–water partition coefficient (Wildman–Crippen LogP) is 3.16. The first-order valence-electron chi connectivity index (χ1n) is 9.36. The van der Waals surface area contributed by atoms with Gasteiger partial charge in [0.15, 0.2) is 11.5 Å². The van der Waals surface area contributed by atoms with Gasteiger partial charge < -0.3 is 14.8 Å². The SMILES string of the molecule is O=C(CSCCCCN1C(=O)c2ccccc2C1=O)Nc1ccc2c(c1)OCO2. The van der Waals surface area contributed by atoms with Gasteiger partial charge in [-0.2, -0.15) is 11.8 Å². The largest absolute Gasteiger partial charge is 0.454 e. The van der Waals surface area contributed by atoms with Gasteiger partial charge in [0.2, 0.25) is 12.7 Å². The van der Waals surface area contributed by atoms with E-state index < -0.39 is 0 Å². The van der Waals surface area contributed by atoms with Gasteiger partial charge in [0.1, 0.15) is 0 Å². The summed E-state index contributed by atoms with van der Waals surface area (Å²) in [4.78, 5) is 38.0. The van der Waals surface area contributed by atoms with Crippen LogP contribution < -0.4 is 14.8 Å². The first kappa shape index (κ1) is 19.3. The maximum atomic E-state index is 12.3. The number of carbonyl (C=O) groups excluding carboxylic acids is 3. The minimum absolute atomic E-state index is 0.0887. The van der Waals surface area contributed by atoms with Gasteiger partial charge in [-0.25, -0.2) is 0 Å². The summed E-state index contributed by atoms with van der Waals surface area (Å²) in [5.41, 5.74) is 1.63. The van der Waals surface area contributed by atoms with Crippen LogP contribution in [0.2, 0.25) is 0 Å². The van der Waals surface area contributed by atoms with Crippen LogP contribution in [0.5, 0.6) is 11.5 Å². The molecule has 1 N–H and O–H groups in total. The number of imide groups is 1. The van der Waals surface area contributed by atoms with E-state index in [1.54, 1.807) is 42.5 Å². The molecule has 8 heteroatoms. The molecular formula is C21H20N2O5S. The van der Waals surface area contributed by atoms with Crippen LogP contribution in [0.4, 0.5) is 5.69 Å². The minimum atomic E-state index is -0.221. The summed E-state index contributed by atoms with van der Waals surface area (Å²) in [5.74, 6) is 1.88. The zero-order valence-electron chi connectivity index (χ0n) is 15.7. The fourth-order valence-electron chi connectivity index (χ4n) is 3.25. The molecule has 0 aromatic heterocycles. The monoisotopic (exact) mass is 412 g/mol. The van der Waals surface area contributed by atoms with Gasteiger partial charge in [0.05, 0.1) is 16.9 Å². The average Bonchev–Trinajstić information content (AvgIpc) is 3.28. The standard InChI is InChI=1S/C21H20N2O5S/c24-19(22-14-7-8-17-18(11-14)28-13-27-17)12-29-10-4-3-9-23-20(25)15-5-1-2-6-16(15)21(23)26/h1-2,5-8,11H,3-4,9-10,12-13H2,(H,22,24). The van der Waals surface area contributed by atoms with Crippen molar-refractivity contribution < 1.29 is 23.9 Å². The number of hydrogen-bond donors (Lipinski definition) is 1. The highest BCUT2D eigenvalue weighted by Crippen LogP contribution is 2.34. The van der Waals surface area contributed by atoms with Crippen LogP contribution in [0.3, 0.4) is 0 Å². The highest BCUT2D eigenvalue weighted by atomic mass is 32.2. The Bertz CT molecular complexity index is 927. The Morgan fingerprint density at radius 3 is 2.48 bits per heavy atom. The number of amides is 3. The van der Waals surface area contributed by atoms with Crippen molar-refractivity contribution in [2.75, 3.05) is 30.2 Å². The van der Waals surface area contributed by atoms with E-state index in [1.807, 2.05) is 0 Å². The van der Waals surface area contributed by atoms with Gasteiger partial charge in [-0.05, 0) is 42.9 Å². The number of thioether (sulfide) groups is 1. The van der Waals surface area contributed by atoms with Crippen molar-refractivity contribution in [2.24, 2.45) is 0 Å². The van der Waals surface area contributed by atoms with E-state index in [-0.39, 0.29) is 24.5 Å². The van der Waals surface area contributed by atoms with Gasteiger partial charge in [-0.1, -0.05) is 12.1 Å². The van der Waals surface area contributed by atoms with Crippen molar-refractivity contribution >= 4 is 35.2 Å². The third kappa shape index (κ3) is 4.22. The van der Waals surface area contributed by atoms with E-state index >= 15 is 0 Å². The fourth-order valence-corrected chi connectivity index (χ4v) is 4.06. The van der Waals surface area contributed by atoms with E-state index in [0.29, 0.717) is 47.0 Å². The van der Waals surface area contributed by atoms with Crippen molar-refractivity contribution in [3.8, 4) is 11.5 Å². The summed E-state index contributed by atoms with van der Waals surface area (Å²) < 4.78 is 10.5. The normalized spacial score (nSPS) is 14.3. The summed E-state index contributed by atoms with van der Waals surface area (Å²) in [6, 6.07) is 12.2. The fraction of sp³-hybridized carbons (Fsp3) is 0.286. The van der Waals surface area contributed by atoms with Gasteiger partial charge in [0, 0.05) is 18.3 Å². The number of nitrogens with one attached hydrogen (secondary N) is 1. The molecule has 0 aliphatic carbocycles. The summed E-state index contributed by atoms with van der Waals surface area (Å²) in [7, 11) is 0. The molecule has 0 bridgehead atoms. The Morgan fingerprint density at radius 1 is 1.00 bits per heavy atom. The molecule has 2 aromatic carbocycles. The Balaban J connectivity index is 1.14. The van der Waals surface area contributed by atoms with Crippen LogP contribution in [0.15, 0.2) is 42.5 Å². The molecule has 2 heterocycles. The molecule has 7 nitrogen and oxygen atoms in total. The quantitative estimate of drug-likeness (QED) is 0.530. The van der Waals surface area contributed by atoms with Crippen LogP contribution in [0, 0.1) is 0 Å². The Labute approximate surface area is 172 Å². The maximum Gasteiger partial charge on any atom is 0.261 e. The lowest BCUT2D eigenvalue weighted by Gasteiger charge is -2.13. The topological polar surface area (TPSA) is 84.9 Å². The number of rotatable bonds is 8. The zero-order valence-corrected chi connectivity index (χ0v) is 16.5. The number of benzene rings is 2. The lowest BCUT2D eigenvalue weighted by molar-refractivity contribution is -0.113. The highest BCUT2D eigenvalue weighted by Gasteiger charge is 2.34. The predicted molar refractivity (Wildman–Crippen MR) is 110 cm³/mol. The molecule has 3 amide bonds. The molecule has 0 fully saturated rings. The molecule has 2 aromatic rings. The van der Waals surface area contributed by atoms with Crippen molar-refractivity contribution in [1.29, 1.82) is 0 Å². The second-order valence-electron chi connectivity index (χ2n) is 6.68. The third-order valence-electron chi connectivity index (χ3n) is 4.69. The van der Waals surface area contributed by atoms with E-state index in [9.17, 15) is 14.4 Å². The van der Waals surface area contributed by atoms with Crippen LogP contribution in [-0.2, 0) is 4.79 Å². The van der Waals surface area contributed by atoms with Gasteiger partial charge in [-0.15, -0.1) is 0 Å². The second-order valence-corrected chi connectivity index (χ2v) is 7.79. The van der Waals surface area contributed by atoms with E-state index in [2.05, 4.69) is 5.32 Å². The van der Waals surface area contributed by atoms with Crippen molar-refractivity contribution in [2.45, 2.75) is 12.8 Å². The molecule has 0 saturated heterocycles. The number of nitrogens with zero attached hydrogens (tertiary/aromatic N) is 1. The van der Waals surface area contributed by atoms with Crippen molar-refractivity contribution in [3.63, 3.8) is 0 Å². The summed E-state index contributed by atoms with van der Waals surface area (Å²) in [6.45, 7) is 0.597. The number of fused-ring (bicyclic) bond motifs is 2. The molecule has 4 rings (SSSR count). The number of unbranched alkanes of at least 4 members (excludes halogenated alkanes) is 1. The Kier molecular flexibility index (Phi) is 5.71. The molecule has 0 spiro atoms. The highest BCUT2D eigenvalue weighted by molar-refractivity contribution is 7.99. The molecule has 0 unspecified atom stereocenters. The number of carbonyl (C=O) groups is 3. The summed E-state index contributed by atoms with van der Waals surface area (Å²) >= 11 is 1.52. The van der Waals surface area contributed by atoms with Gasteiger partial charge in [-0.3, -0.25) is 19.3 Å². The van der Waals surface area contributed by atoms with Crippen LogP contribution in [0.25, 0.3) is 0 Å². The van der Waals surface area contributed by atoms with Gasteiger partial charge in [0.25, 0.3) is 11.8 Å². The summed E-state index contributed by atoms with van der Waals surface area (Å²) in [6.07, 6.45) is 1.53. The zero-order chi connectivity index (χ0) is 20.2. The molecule has 0 radical (unpaired) electrons. The van der Waals surface area contributed by atoms with Crippen LogP contribution >= 0.6 is 11.8 Å². The van der Waals surface area contributed by atoms with Crippen molar-refractivity contribution in [3.05, 3.63) is 53.6 Å². The molecule has 2 aliphatic rings. The molecule has 150 valence electrons. The second kappa shape index (κ2) is 8.57. The first-order chi connectivity index (χ1) is 14.1. The number of hydrogen-bond acceptors (Lipinski definition) is 6. The van der Waals surface area contributed by atoms with Crippen molar-refractivity contribution in [1.82, 2.24) is 4.90 Å². The molecule has 0 saturated carbocycles. The van der Waals surface area contributed by atoms with Gasteiger partial charge >= 0.3 is 0 Å². The molecule has 2 aliphatic heterocycles. The van der Waals surface area contributed by atoms with Crippen LogP contribution in [-0.4, -0.2) is 47.5 Å². The Hall–Kier alpha value is -3.00. The number of ether oxygens (including phenoxy) is 2. The lowest BCUT2D eigenvalue weighted by atomic mass is 10.1. The maximum absolute atomic E-state index is 12.3. The van der Waals surface area contributed by atoms with E-state index in [0.717, 1.165) is 12.2 Å². The lowest BCUT2D eigenvalue weighted by Crippen LogP contribution is -2.30. The average molecular weight is 412 g/mol. The Morgan fingerprint density at radius 2 is 1.72 bits per heavy atom. The first-order valence-corrected chi connectivity index (χ1v) is 10.5. The molecular weight excluding hydrogens is 392 g/mol. The number of anilines is 1. The smallest absolute Gasteiger partial charge is 0.261 e. The van der Waals surface area contributed by atoms with E-state index in [4.69, 9.17) is 9.47 Å². The molecule has 0 atom stereocenters.